The first-order chi connectivity index (χ1) is 18.4. The van der Waals surface area contributed by atoms with E-state index in [1.807, 2.05) is 12.1 Å². The molecule has 1 saturated heterocycles. The average Bonchev–Trinajstić information content (AvgIpc) is 3.56. The quantitative estimate of drug-likeness (QED) is 0.331. The Morgan fingerprint density at radius 3 is 2.66 bits per heavy atom. The summed E-state index contributed by atoms with van der Waals surface area (Å²) in [6.07, 6.45) is 5.06. The third-order valence-corrected chi connectivity index (χ3v) is 7.55. The van der Waals surface area contributed by atoms with Gasteiger partial charge in [0.05, 0.1) is 0 Å². The zero-order valence-corrected chi connectivity index (χ0v) is 22.7. The maximum absolute atomic E-state index is 11.9. The predicted molar refractivity (Wildman–Crippen MR) is 151 cm³/mol. The Morgan fingerprint density at radius 1 is 1.16 bits per heavy atom. The number of carboxylic acid groups (broad SMARTS) is 1. The van der Waals surface area contributed by atoms with Crippen molar-refractivity contribution in [1.82, 2.24) is 9.55 Å². The van der Waals surface area contributed by atoms with Gasteiger partial charge in [-0.25, -0.2) is 14.8 Å². The average molecular weight is 533 g/mol. The Bertz CT molecular complexity index is 1380. The van der Waals surface area contributed by atoms with Gasteiger partial charge < -0.3 is 14.6 Å². The van der Waals surface area contributed by atoms with Crippen LogP contribution >= 0.6 is 11.6 Å². The highest BCUT2D eigenvalue weighted by molar-refractivity contribution is 6.32. The minimum Gasteiger partial charge on any atom is -0.476 e. The molecule has 198 valence electrons. The van der Waals surface area contributed by atoms with E-state index in [4.69, 9.17) is 11.6 Å². The van der Waals surface area contributed by atoms with Gasteiger partial charge in [0.1, 0.15) is 5.82 Å². The number of aromatic carboxylic acids is 1. The Kier molecular flexibility index (Phi) is 7.88. The molecule has 0 saturated carbocycles. The minimum atomic E-state index is -1.07. The van der Waals surface area contributed by atoms with Crippen LogP contribution in [-0.4, -0.2) is 46.2 Å². The third kappa shape index (κ3) is 5.50. The van der Waals surface area contributed by atoms with E-state index >= 15 is 0 Å². The van der Waals surface area contributed by atoms with Gasteiger partial charge in [-0.1, -0.05) is 56.1 Å². The molecule has 2 aliphatic heterocycles. The van der Waals surface area contributed by atoms with Crippen LogP contribution in [0, 0.1) is 5.92 Å². The van der Waals surface area contributed by atoms with Gasteiger partial charge in [-0.15, -0.1) is 5.11 Å². The first-order valence-electron chi connectivity index (χ1n) is 13.3. The number of aliphatic imine (C=N–C) groups is 1. The summed E-state index contributed by atoms with van der Waals surface area (Å²) in [7, 11) is 0. The number of nitrogens with zero attached hydrogens (tertiary/aromatic N) is 6. The van der Waals surface area contributed by atoms with Crippen LogP contribution in [0.3, 0.4) is 0 Å². The van der Waals surface area contributed by atoms with E-state index in [1.165, 1.54) is 18.5 Å². The fourth-order valence-corrected chi connectivity index (χ4v) is 5.57. The topological polar surface area (TPSA) is 95.4 Å². The Labute approximate surface area is 228 Å². The molecule has 0 spiro atoms. The van der Waals surface area contributed by atoms with Crippen molar-refractivity contribution in [3.05, 3.63) is 70.3 Å². The number of hydrogen-bond acceptors (Lipinski definition) is 6. The number of hydrogen-bond donors (Lipinski definition) is 1. The summed E-state index contributed by atoms with van der Waals surface area (Å²) >= 11 is 6.22. The molecule has 0 amide bonds. The molecule has 1 aromatic heterocycles. The second-order valence-corrected chi connectivity index (χ2v) is 10.5. The maximum Gasteiger partial charge on any atom is 0.355 e. The standard InChI is InChI=1S/C29H33ClN6O2/c1-3-4-7-25-33-27(30)26(29(37)38)36(25)17-20-8-10-21(11-9-20)24-15-22(35-14-5-6-19(2)16-35)12-13-23(24)28-31-18-32-34-28/h8-13,15,19H,3-7,14,16-18H2,1-2H3,(H,37,38)/t19-/m0/s1. The van der Waals surface area contributed by atoms with E-state index in [0.717, 1.165) is 48.2 Å². The summed E-state index contributed by atoms with van der Waals surface area (Å²) in [5.41, 5.74) is 5.29. The molecular formula is C29H33ClN6O2. The van der Waals surface area contributed by atoms with E-state index < -0.39 is 5.97 Å². The minimum absolute atomic E-state index is 0.0391. The van der Waals surface area contributed by atoms with Crippen LogP contribution in [0.2, 0.25) is 5.15 Å². The van der Waals surface area contributed by atoms with Crippen LogP contribution in [0.4, 0.5) is 5.69 Å². The number of unbranched alkanes of at least 4 members (excludes halogenated alkanes) is 1. The second kappa shape index (κ2) is 11.5. The van der Waals surface area contributed by atoms with Crippen LogP contribution in [-0.2, 0) is 13.0 Å². The maximum atomic E-state index is 11.9. The van der Waals surface area contributed by atoms with Crippen molar-refractivity contribution >= 4 is 29.1 Å². The molecule has 8 nitrogen and oxygen atoms in total. The normalized spacial score (nSPS) is 17.2. The molecule has 0 radical (unpaired) electrons. The number of imidazole rings is 1. The Morgan fingerprint density at radius 2 is 1.97 bits per heavy atom. The summed E-state index contributed by atoms with van der Waals surface area (Å²) in [5, 5.41) is 18.1. The molecule has 3 heterocycles. The highest BCUT2D eigenvalue weighted by atomic mass is 35.5. The van der Waals surface area contributed by atoms with Crippen LogP contribution in [0.1, 0.15) is 67.0 Å². The molecule has 0 bridgehead atoms. The number of aryl methyl sites for hydroxylation is 1. The van der Waals surface area contributed by atoms with Crippen molar-refractivity contribution < 1.29 is 9.90 Å². The number of amidine groups is 1. The molecule has 38 heavy (non-hydrogen) atoms. The van der Waals surface area contributed by atoms with Gasteiger partial charge >= 0.3 is 5.97 Å². The molecule has 2 aliphatic rings. The number of rotatable bonds is 9. The monoisotopic (exact) mass is 532 g/mol. The Balaban J connectivity index is 1.47. The summed E-state index contributed by atoms with van der Waals surface area (Å²) in [6, 6.07) is 14.7. The Hall–Kier alpha value is -3.52. The lowest BCUT2D eigenvalue weighted by atomic mass is 9.95. The number of piperidine rings is 1. The van der Waals surface area contributed by atoms with Crippen LogP contribution in [0.5, 0.6) is 0 Å². The van der Waals surface area contributed by atoms with Gasteiger partial charge in [-0.2, -0.15) is 5.11 Å². The molecular weight excluding hydrogens is 500 g/mol. The first kappa shape index (κ1) is 26.1. The van der Waals surface area contributed by atoms with Crippen molar-refractivity contribution in [1.29, 1.82) is 0 Å². The van der Waals surface area contributed by atoms with Crippen molar-refractivity contribution in [3.8, 4) is 11.1 Å². The highest BCUT2D eigenvalue weighted by Crippen LogP contribution is 2.33. The summed E-state index contributed by atoms with van der Waals surface area (Å²) in [4.78, 5) is 23.2. The lowest BCUT2D eigenvalue weighted by molar-refractivity contribution is 0.0685. The number of halogens is 1. The van der Waals surface area contributed by atoms with E-state index in [0.29, 0.717) is 37.2 Å². The number of carboxylic acids is 1. The van der Waals surface area contributed by atoms with Gasteiger partial charge in [-0.05, 0) is 60.1 Å². The van der Waals surface area contributed by atoms with E-state index in [1.54, 1.807) is 4.57 Å². The van der Waals surface area contributed by atoms with Crippen molar-refractivity contribution in [2.45, 2.75) is 52.5 Å². The molecule has 0 aliphatic carbocycles. The number of azo groups is 1. The van der Waals surface area contributed by atoms with Crippen molar-refractivity contribution in [2.24, 2.45) is 21.1 Å². The number of aromatic nitrogens is 2. The van der Waals surface area contributed by atoms with Gasteiger partial charge in [-0.3, -0.25) is 0 Å². The lowest BCUT2D eigenvalue weighted by Gasteiger charge is -2.33. The SMILES string of the molecule is CCCCc1nc(Cl)c(C(=O)O)n1Cc1ccc(-c2cc(N3CCC[C@H](C)C3)ccc2C2=NCN=N2)cc1. The van der Waals surface area contributed by atoms with Gasteiger partial charge in [0.15, 0.2) is 23.4 Å². The summed E-state index contributed by atoms with van der Waals surface area (Å²) in [5.74, 6) is 0.964. The smallest absolute Gasteiger partial charge is 0.355 e. The first-order valence-corrected chi connectivity index (χ1v) is 13.7. The van der Waals surface area contributed by atoms with E-state index in [2.05, 4.69) is 69.3 Å². The number of benzene rings is 2. The van der Waals surface area contributed by atoms with Crippen LogP contribution in [0.25, 0.3) is 11.1 Å². The second-order valence-electron chi connectivity index (χ2n) is 10.1. The predicted octanol–water partition coefficient (Wildman–Crippen LogP) is 6.70. The van der Waals surface area contributed by atoms with Gasteiger partial charge in [0, 0.05) is 37.3 Å². The van der Waals surface area contributed by atoms with Gasteiger partial charge in [0.25, 0.3) is 0 Å². The van der Waals surface area contributed by atoms with Gasteiger partial charge in [0.2, 0.25) is 0 Å². The molecule has 1 atom stereocenters. The molecule has 0 unspecified atom stereocenters. The number of carbonyl (C=O) groups is 1. The molecule has 5 rings (SSSR count). The lowest BCUT2D eigenvalue weighted by Crippen LogP contribution is -2.34. The zero-order valence-electron chi connectivity index (χ0n) is 21.9. The highest BCUT2D eigenvalue weighted by Gasteiger charge is 2.22. The van der Waals surface area contributed by atoms with Crippen molar-refractivity contribution in [2.75, 3.05) is 24.7 Å². The van der Waals surface area contributed by atoms with Crippen LogP contribution in [0.15, 0.2) is 57.7 Å². The molecule has 1 fully saturated rings. The van der Waals surface area contributed by atoms with E-state index in [9.17, 15) is 9.90 Å². The third-order valence-electron chi connectivity index (χ3n) is 7.28. The zero-order chi connectivity index (χ0) is 26.6. The molecule has 9 heteroatoms. The van der Waals surface area contributed by atoms with Crippen molar-refractivity contribution in [3.63, 3.8) is 0 Å². The molecule has 1 N–H and O–H groups in total. The fourth-order valence-electron chi connectivity index (χ4n) is 5.29. The van der Waals surface area contributed by atoms with E-state index in [-0.39, 0.29) is 10.8 Å². The number of anilines is 1. The summed E-state index contributed by atoms with van der Waals surface area (Å²) < 4.78 is 1.73. The molecule has 3 aromatic rings. The fraction of sp³-hybridized carbons (Fsp3) is 0.414. The molecule has 2 aromatic carbocycles. The van der Waals surface area contributed by atoms with Crippen LogP contribution < -0.4 is 4.90 Å². The largest absolute Gasteiger partial charge is 0.476 e. The summed E-state index contributed by atoms with van der Waals surface area (Å²) in [6.45, 7) is 7.27.